The van der Waals surface area contributed by atoms with Crippen LogP contribution < -0.4 is 15.6 Å². The first-order valence-corrected chi connectivity index (χ1v) is 8.30. The lowest BCUT2D eigenvalue weighted by Gasteiger charge is -2.38. The predicted molar refractivity (Wildman–Crippen MR) is 89.0 cm³/mol. The number of nitrogens with one attached hydrogen (secondary N) is 1. The van der Waals surface area contributed by atoms with Crippen LogP contribution in [0.3, 0.4) is 0 Å². The number of aromatic nitrogens is 1. The van der Waals surface area contributed by atoms with Crippen LogP contribution in [0.1, 0.15) is 10.6 Å². The largest absolute Gasteiger partial charge is 0.486 e. The fourth-order valence-corrected chi connectivity index (χ4v) is 3.01. The van der Waals surface area contributed by atoms with Gasteiger partial charge in [-0.05, 0) is 24.4 Å². The SMILES string of the molecule is Cc1cc(OC2CN(C(=O)NCc3cccs3)C2)cc(=O)n1C. The van der Waals surface area contributed by atoms with Crippen LogP contribution >= 0.6 is 11.3 Å². The van der Waals surface area contributed by atoms with Crippen LogP contribution in [0.15, 0.2) is 34.4 Å². The summed E-state index contributed by atoms with van der Waals surface area (Å²) in [6.45, 7) is 3.47. The number of thiophene rings is 1. The molecule has 0 aromatic carbocycles. The van der Waals surface area contributed by atoms with E-state index in [1.165, 1.54) is 6.07 Å². The number of carbonyl (C=O) groups excluding carboxylic acids is 1. The number of pyridine rings is 1. The summed E-state index contributed by atoms with van der Waals surface area (Å²) in [5, 5.41) is 4.87. The molecule has 0 bridgehead atoms. The van der Waals surface area contributed by atoms with Crippen molar-refractivity contribution in [2.24, 2.45) is 7.05 Å². The second kappa shape index (κ2) is 6.45. The van der Waals surface area contributed by atoms with E-state index in [9.17, 15) is 9.59 Å². The monoisotopic (exact) mass is 333 g/mol. The molecule has 1 fully saturated rings. The van der Waals surface area contributed by atoms with Crippen LogP contribution in [0.2, 0.25) is 0 Å². The Kier molecular flexibility index (Phi) is 4.38. The molecule has 1 aliphatic heterocycles. The summed E-state index contributed by atoms with van der Waals surface area (Å²) in [5.74, 6) is 0.564. The van der Waals surface area contributed by atoms with Gasteiger partial charge < -0.3 is 19.5 Å². The quantitative estimate of drug-likeness (QED) is 0.927. The molecule has 3 heterocycles. The molecular weight excluding hydrogens is 314 g/mol. The molecular formula is C16H19N3O3S. The van der Waals surface area contributed by atoms with Gasteiger partial charge in [-0.25, -0.2) is 4.79 Å². The van der Waals surface area contributed by atoms with Crippen molar-refractivity contribution in [3.05, 3.63) is 50.6 Å². The van der Waals surface area contributed by atoms with Gasteiger partial charge in [-0.3, -0.25) is 4.79 Å². The summed E-state index contributed by atoms with van der Waals surface area (Å²) in [6, 6.07) is 7.18. The van der Waals surface area contributed by atoms with E-state index in [4.69, 9.17) is 4.74 Å². The van der Waals surface area contributed by atoms with Gasteiger partial charge >= 0.3 is 6.03 Å². The number of likely N-dealkylation sites (tertiary alicyclic amines) is 1. The number of amides is 2. The van der Waals surface area contributed by atoms with E-state index < -0.39 is 0 Å². The minimum atomic E-state index is -0.0927. The van der Waals surface area contributed by atoms with Gasteiger partial charge in [0.1, 0.15) is 11.9 Å². The van der Waals surface area contributed by atoms with Gasteiger partial charge in [-0.1, -0.05) is 6.07 Å². The fraction of sp³-hybridized carbons (Fsp3) is 0.375. The van der Waals surface area contributed by atoms with E-state index in [1.807, 2.05) is 30.5 Å². The van der Waals surface area contributed by atoms with Crippen molar-refractivity contribution in [1.29, 1.82) is 0 Å². The molecule has 1 saturated heterocycles. The zero-order chi connectivity index (χ0) is 16.4. The van der Waals surface area contributed by atoms with E-state index in [2.05, 4.69) is 5.32 Å². The molecule has 6 nitrogen and oxygen atoms in total. The Bertz CT molecular complexity index is 748. The maximum absolute atomic E-state index is 12.0. The zero-order valence-electron chi connectivity index (χ0n) is 13.1. The number of urea groups is 1. The number of carbonyl (C=O) groups is 1. The second-order valence-corrected chi connectivity index (χ2v) is 6.64. The molecule has 0 atom stereocenters. The van der Waals surface area contributed by atoms with E-state index in [0.29, 0.717) is 25.4 Å². The third kappa shape index (κ3) is 3.56. The normalized spacial score (nSPS) is 14.4. The van der Waals surface area contributed by atoms with Crippen LogP contribution in [0.5, 0.6) is 5.75 Å². The van der Waals surface area contributed by atoms with E-state index in [0.717, 1.165) is 10.6 Å². The first kappa shape index (κ1) is 15.6. The molecule has 0 spiro atoms. The standard InChI is InChI=1S/C16H19N3O3S/c1-11-6-12(7-15(20)18(11)2)22-13-9-19(10-13)16(21)17-8-14-4-3-5-23-14/h3-7,13H,8-10H2,1-2H3,(H,17,21). The van der Waals surface area contributed by atoms with Gasteiger partial charge in [-0.15, -0.1) is 11.3 Å². The summed E-state index contributed by atoms with van der Waals surface area (Å²) in [5.41, 5.74) is 0.752. The Hall–Kier alpha value is -2.28. The molecule has 2 aromatic heterocycles. The molecule has 23 heavy (non-hydrogen) atoms. The van der Waals surface area contributed by atoms with Crippen molar-refractivity contribution in [3.63, 3.8) is 0 Å². The molecule has 3 rings (SSSR count). The molecule has 0 saturated carbocycles. The first-order valence-electron chi connectivity index (χ1n) is 7.42. The predicted octanol–water partition coefficient (Wildman–Crippen LogP) is 1.73. The van der Waals surface area contributed by atoms with Crippen molar-refractivity contribution >= 4 is 17.4 Å². The van der Waals surface area contributed by atoms with Gasteiger partial charge in [0.25, 0.3) is 5.56 Å². The Morgan fingerprint density at radius 2 is 2.22 bits per heavy atom. The van der Waals surface area contributed by atoms with Crippen LogP contribution in [0, 0.1) is 6.92 Å². The van der Waals surface area contributed by atoms with Gasteiger partial charge in [0.05, 0.1) is 19.6 Å². The third-order valence-corrected chi connectivity index (χ3v) is 4.78. The van der Waals surface area contributed by atoms with E-state index in [1.54, 1.807) is 27.9 Å². The number of nitrogens with zero attached hydrogens (tertiary/aromatic N) is 2. The number of hydrogen-bond acceptors (Lipinski definition) is 4. The molecule has 0 aliphatic carbocycles. The van der Waals surface area contributed by atoms with Gasteiger partial charge in [0, 0.05) is 23.7 Å². The van der Waals surface area contributed by atoms with Gasteiger partial charge in [-0.2, -0.15) is 0 Å². The summed E-state index contributed by atoms with van der Waals surface area (Å²) in [7, 11) is 1.73. The minimum Gasteiger partial charge on any atom is -0.486 e. The highest BCUT2D eigenvalue weighted by Crippen LogP contribution is 2.18. The Morgan fingerprint density at radius 1 is 1.43 bits per heavy atom. The van der Waals surface area contributed by atoms with Gasteiger partial charge in [0.15, 0.2) is 0 Å². The Labute approximate surface area is 138 Å². The summed E-state index contributed by atoms with van der Waals surface area (Å²) in [6.07, 6.45) is -0.0611. The highest BCUT2D eigenvalue weighted by molar-refractivity contribution is 7.09. The summed E-state index contributed by atoms with van der Waals surface area (Å²) >= 11 is 1.62. The maximum atomic E-state index is 12.0. The lowest BCUT2D eigenvalue weighted by atomic mass is 10.2. The third-order valence-electron chi connectivity index (χ3n) is 3.91. The smallest absolute Gasteiger partial charge is 0.317 e. The summed E-state index contributed by atoms with van der Waals surface area (Å²) < 4.78 is 7.33. The average molecular weight is 333 g/mol. The maximum Gasteiger partial charge on any atom is 0.317 e. The minimum absolute atomic E-state index is 0.0611. The molecule has 2 aromatic rings. The number of ether oxygens (including phenoxy) is 1. The van der Waals surface area contributed by atoms with E-state index >= 15 is 0 Å². The molecule has 2 amide bonds. The number of rotatable bonds is 4. The second-order valence-electron chi connectivity index (χ2n) is 5.61. The van der Waals surface area contributed by atoms with E-state index in [-0.39, 0.29) is 17.7 Å². The average Bonchev–Trinajstić information content (AvgIpc) is 2.98. The molecule has 0 unspecified atom stereocenters. The molecule has 1 aliphatic rings. The fourth-order valence-electron chi connectivity index (χ4n) is 2.36. The number of hydrogen-bond donors (Lipinski definition) is 1. The van der Waals surface area contributed by atoms with Crippen molar-refractivity contribution in [2.45, 2.75) is 19.6 Å². The van der Waals surface area contributed by atoms with Crippen molar-refractivity contribution in [3.8, 4) is 5.75 Å². The van der Waals surface area contributed by atoms with Crippen LogP contribution in [0.4, 0.5) is 4.79 Å². The Balaban J connectivity index is 1.47. The van der Waals surface area contributed by atoms with Crippen LogP contribution in [-0.2, 0) is 13.6 Å². The van der Waals surface area contributed by atoms with Crippen LogP contribution in [-0.4, -0.2) is 34.7 Å². The molecule has 122 valence electrons. The molecule has 0 radical (unpaired) electrons. The molecule has 1 N–H and O–H groups in total. The van der Waals surface area contributed by atoms with Crippen LogP contribution in [0.25, 0.3) is 0 Å². The lowest BCUT2D eigenvalue weighted by Crippen LogP contribution is -2.58. The Morgan fingerprint density at radius 3 is 2.87 bits per heavy atom. The van der Waals surface area contributed by atoms with Gasteiger partial charge in [0.2, 0.25) is 0 Å². The number of aryl methyl sites for hydroxylation is 1. The zero-order valence-corrected chi connectivity index (χ0v) is 13.9. The highest BCUT2D eigenvalue weighted by atomic mass is 32.1. The highest BCUT2D eigenvalue weighted by Gasteiger charge is 2.32. The van der Waals surface area contributed by atoms with Crippen molar-refractivity contribution in [1.82, 2.24) is 14.8 Å². The topological polar surface area (TPSA) is 63.6 Å². The van der Waals surface area contributed by atoms with Crippen molar-refractivity contribution in [2.75, 3.05) is 13.1 Å². The lowest BCUT2D eigenvalue weighted by molar-refractivity contribution is 0.0441. The van der Waals surface area contributed by atoms with Crippen molar-refractivity contribution < 1.29 is 9.53 Å². The summed E-state index contributed by atoms with van der Waals surface area (Å²) in [4.78, 5) is 26.5. The molecule has 7 heteroatoms. The first-order chi connectivity index (χ1) is 11.0.